The van der Waals surface area contributed by atoms with Crippen molar-refractivity contribution in [1.82, 2.24) is 0 Å². The second kappa shape index (κ2) is 5.10. The summed E-state index contributed by atoms with van der Waals surface area (Å²) in [5, 5.41) is 0. The highest BCUT2D eigenvalue weighted by molar-refractivity contribution is 5.03. The molecule has 0 aliphatic heterocycles. The maximum Gasteiger partial charge on any atom is -0.0326 e. The maximum atomic E-state index is 2.48. The fourth-order valence-electron chi connectivity index (χ4n) is 4.40. The second-order valence-corrected chi connectivity index (χ2v) is 7.13. The van der Waals surface area contributed by atoms with Crippen LogP contribution in [-0.2, 0) is 0 Å². The lowest BCUT2D eigenvalue weighted by Crippen LogP contribution is -2.01. The highest BCUT2D eigenvalue weighted by atomic mass is 14.6. The van der Waals surface area contributed by atoms with Crippen molar-refractivity contribution in [3.63, 3.8) is 0 Å². The Morgan fingerprint density at radius 1 is 1.12 bits per heavy atom. The molecule has 0 aromatic heterocycles. The zero-order valence-corrected chi connectivity index (χ0v) is 11.7. The van der Waals surface area contributed by atoms with Crippen molar-refractivity contribution in [1.29, 1.82) is 0 Å². The Morgan fingerprint density at radius 3 is 2.44 bits per heavy atom. The van der Waals surface area contributed by atoms with Crippen LogP contribution in [0.2, 0.25) is 0 Å². The Kier molecular flexibility index (Phi) is 3.97. The molecule has 0 N–H and O–H groups in total. The van der Waals surface area contributed by atoms with E-state index in [9.17, 15) is 0 Å². The zero-order valence-electron chi connectivity index (χ0n) is 11.7. The number of rotatable bonds is 6. The molecule has 0 unspecified atom stereocenters. The minimum atomic E-state index is 0.885. The summed E-state index contributed by atoms with van der Waals surface area (Å²) in [6, 6.07) is 0. The van der Waals surface area contributed by atoms with Gasteiger partial charge in [-0.05, 0) is 54.8 Å². The average molecular weight is 222 g/mol. The summed E-state index contributed by atoms with van der Waals surface area (Å²) in [4.78, 5) is 0. The van der Waals surface area contributed by atoms with Crippen molar-refractivity contribution in [3.8, 4) is 0 Å². The standard InChI is InChI=1S/C16H30/c1-11(2)10-12(3)6-5-7-14-15-9-8-13(4)16(14)15/h11-16H,5-10H2,1-4H3/t12-,13+,14+,15+,16-/m0/s1. The van der Waals surface area contributed by atoms with E-state index in [4.69, 9.17) is 0 Å². The Bertz CT molecular complexity index is 218. The third-order valence-corrected chi connectivity index (χ3v) is 5.12. The van der Waals surface area contributed by atoms with Gasteiger partial charge >= 0.3 is 0 Å². The van der Waals surface area contributed by atoms with Crippen molar-refractivity contribution < 1.29 is 0 Å². The van der Waals surface area contributed by atoms with E-state index in [0.29, 0.717) is 0 Å². The molecule has 2 saturated carbocycles. The van der Waals surface area contributed by atoms with Crippen LogP contribution >= 0.6 is 0 Å². The van der Waals surface area contributed by atoms with Crippen LogP contribution in [0.4, 0.5) is 0 Å². The van der Waals surface area contributed by atoms with Gasteiger partial charge in [-0.1, -0.05) is 47.0 Å². The van der Waals surface area contributed by atoms with Gasteiger partial charge in [0, 0.05) is 0 Å². The highest BCUT2D eigenvalue weighted by Gasteiger charge is 2.55. The predicted octanol–water partition coefficient (Wildman–Crippen LogP) is 5.13. The van der Waals surface area contributed by atoms with Gasteiger partial charge in [0.2, 0.25) is 0 Å². The third kappa shape index (κ3) is 2.81. The number of fused-ring (bicyclic) bond motifs is 1. The Balaban J connectivity index is 1.56. The van der Waals surface area contributed by atoms with E-state index < -0.39 is 0 Å². The summed E-state index contributed by atoms with van der Waals surface area (Å²) >= 11 is 0. The van der Waals surface area contributed by atoms with E-state index in [1.54, 1.807) is 12.8 Å². The molecular formula is C16H30. The first-order chi connectivity index (χ1) is 7.59. The molecule has 2 aliphatic carbocycles. The maximum absolute atomic E-state index is 2.48. The monoisotopic (exact) mass is 222 g/mol. The molecular weight excluding hydrogens is 192 g/mol. The summed E-state index contributed by atoms with van der Waals surface area (Å²) in [5.74, 6) is 6.36. The summed E-state index contributed by atoms with van der Waals surface area (Å²) < 4.78 is 0. The van der Waals surface area contributed by atoms with Crippen LogP contribution in [0.25, 0.3) is 0 Å². The lowest BCUT2D eigenvalue weighted by atomic mass is 9.92. The van der Waals surface area contributed by atoms with Crippen LogP contribution in [0.5, 0.6) is 0 Å². The van der Waals surface area contributed by atoms with E-state index in [2.05, 4.69) is 27.7 Å². The first kappa shape index (κ1) is 12.5. The van der Waals surface area contributed by atoms with Gasteiger partial charge in [0.1, 0.15) is 0 Å². The van der Waals surface area contributed by atoms with Crippen LogP contribution in [-0.4, -0.2) is 0 Å². The minimum Gasteiger partial charge on any atom is -0.0628 e. The predicted molar refractivity (Wildman–Crippen MR) is 71.3 cm³/mol. The molecule has 2 rings (SSSR count). The molecule has 0 aromatic carbocycles. The van der Waals surface area contributed by atoms with Crippen LogP contribution in [0.1, 0.15) is 66.2 Å². The molecule has 0 nitrogen and oxygen atoms in total. The van der Waals surface area contributed by atoms with Crippen molar-refractivity contribution in [2.24, 2.45) is 35.5 Å². The molecule has 0 bridgehead atoms. The van der Waals surface area contributed by atoms with Crippen molar-refractivity contribution >= 4 is 0 Å². The van der Waals surface area contributed by atoms with Gasteiger partial charge in [-0.25, -0.2) is 0 Å². The molecule has 2 aliphatic rings. The zero-order chi connectivity index (χ0) is 11.7. The molecule has 5 atom stereocenters. The smallest absolute Gasteiger partial charge is 0.0326 e. The normalized spacial score (nSPS) is 38.8. The van der Waals surface area contributed by atoms with Gasteiger partial charge in [-0.15, -0.1) is 0 Å². The molecule has 0 spiro atoms. The first-order valence-electron chi connectivity index (χ1n) is 7.59. The van der Waals surface area contributed by atoms with E-state index in [1.165, 1.54) is 25.7 Å². The van der Waals surface area contributed by atoms with Gasteiger partial charge in [-0.3, -0.25) is 0 Å². The van der Waals surface area contributed by atoms with E-state index in [-0.39, 0.29) is 0 Å². The molecule has 2 fully saturated rings. The molecule has 0 aromatic rings. The van der Waals surface area contributed by atoms with Crippen molar-refractivity contribution in [2.45, 2.75) is 66.2 Å². The quantitative estimate of drug-likeness (QED) is 0.584. The van der Waals surface area contributed by atoms with Gasteiger partial charge in [0.25, 0.3) is 0 Å². The first-order valence-corrected chi connectivity index (χ1v) is 7.59. The summed E-state index contributed by atoms with van der Waals surface area (Å²) in [6.45, 7) is 9.62. The molecule has 0 saturated heterocycles. The average Bonchev–Trinajstić information content (AvgIpc) is 2.73. The largest absolute Gasteiger partial charge is 0.0628 e. The lowest BCUT2D eigenvalue weighted by molar-refractivity contribution is 0.380. The summed E-state index contributed by atoms with van der Waals surface area (Å²) in [6.07, 6.45) is 9.02. The second-order valence-electron chi connectivity index (χ2n) is 7.13. The molecule has 0 radical (unpaired) electrons. The van der Waals surface area contributed by atoms with Gasteiger partial charge in [-0.2, -0.15) is 0 Å². The van der Waals surface area contributed by atoms with Crippen molar-refractivity contribution in [3.05, 3.63) is 0 Å². The van der Waals surface area contributed by atoms with E-state index in [1.807, 2.05) is 0 Å². The van der Waals surface area contributed by atoms with E-state index >= 15 is 0 Å². The van der Waals surface area contributed by atoms with E-state index in [0.717, 1.165) is 35.5 Å². The number of hydrogen-bond acceptors (Lipinski definition) is 0. The highest BCUT2D eigenvalue weighted by Crippen LogP contribution is 2.62. The molecule has 0 heterocycles. The van der Waals surface area contributed by atoms with Gasteiger partial charge in [0.15, 0.2) is 0 Å². The lowest BCUT2D eigenvalue weighted by Gasteiger charge is -2.14. The van der Waals surface area contributed by atoms with Crippen LogP contribution in [0.15, 0.2) is 0 Å². The topological polar surface area (TPSA) is 0 Å². The third-order valence-electron chi connectivity index (χ3n) is 5.12. The SMILES string of the molecule is CC(C)C[C@@H](C)CCC[C@@H]1[C@H]2CC[C@@H](C)[C@@H]12. The Morgan fingerprint density at radius 2 is 1.88 bits per heavy atom. The van der Waals surface area contributed by atoms with Gasteiger partial charge in [0.05, 0.1) is 0 Å². The molecule has 0 heteroatoms. The van der Waals surface area contributed by atoms with Crippen molar-refractivity contribution in [2.75, 3.05) is 0 Å². The summed E-state index contributed by atoms with van der Waals surface area (Å²) in [5.41, 5.74) is 0. The Hall–Kier alpha value is 0. The molecule has 94 valence electrons. The fraction of sp³-hybridized carbons (Fsp3) is 1.00. The Labute approximate surface area is 102 Å². The van der Waals surface area contributed by atoms with Crippen LogP contribution in [0.3, 0.4) is 0 Å². The fourth-order valence-corrected chi connectivity index (χ4v) is 4.40. The van der Waals surface area contributed by atoms with Crippen LogP contribution < -0.4 is 0 Å². The molecule has 16 heavy (non-hydrogen) atoms. The summed E-state index contributed by atoms with van der Waals surface area (Å²) in [7, 11) is 0. The van der Waals surface area contributed by atoms with Crippen LogP contribution in [0, 0.1) is 35.5 Å². The number of hydrogen-bond donors (Lipinski definition) is 0. The van der Waals surface area contributed by atoms with Gasteiger partial charge < -0.3 is 0 Å². The molecule has 0 amide bonds. The minimum absolute atomic E-state index is 0.885.